The average Bonchev–Trinajstić information content (AvgIpc) is 3.46. The number of rotatable bonds is 9. The molecule has 0 aromatic heterocycles. The van der Waals surface area contributed by atoms with Crippen LogP contribution in [0.4, 0.5) is 0 Å². The number of nitrogens with zero attached hydrogens (tertiary/aromatic N) is 3. The second kappa shape index (κ2) is 11.5. The zero-order valence-corrected chi connectivity index (χ0v) is 22.1. The number of carbonyl (C=O) groups excluding carboxylic acids is 2. The second-order valence-corrected chi connectivity index (χ2v) is 9.28. The third-order valence-corrected chi connectivity index (χ3v) is 7.04. The molecule has 1 aromatic rings. The fraction of sp³-hybridized carbons (Fsp3) is 0.560. The van der Waals surface area contributed by atoms with E-state index in [9.17, 15) is 9.59 Å². The lowest BCUT2D eigenvalue weighted by atomic mass is 9.85. The van der Waals surface area contributed by atoms with E-state index in [0.717, 1.165) is 19.4 Å². The molecule has 8 heteroatoms. The Morgan fingerprint density at radius 1 is 1.09 bits per heavy atom. The van der Waals surface area contributed by atoms with Crippen LogP contribution in [-0.4, -0.2) is 73.9 Å². The molecular formula is C25H36IN5O2. The molecule has 2 fully saturated rings. The summed E-state index contributed by atoms with van der Waals surface area (Å²) in [6, 6.07) is 10.7. The third kappa shape index (κ3) is 5.59. The summed E-state index contributed by atoms with van der Waals surface area (Å²) >= 11 is 0. The Bertz CT molecular complexity index is 858. The molecule has 2 aliphatic carbocycles. The smallest absolute Gasteiger partial charge is 0.233 e. The molecule has 1 aliphatic heterocycles. The van der Waals surface area contributed by atoms with E-state index in [1.54, 1.807) is 0 Å². The number of amides is 2. The van der Waals surface area contributed by atoms with E-state index >= 15 is 0 Å². The molecule has 7 nitrogen and oxygen atoms in total. The van der Waals surface area contributed by atoms with Crippen molar-refractivity contribution in [2.75, 3.05) is 40.3 Å². The molecule has 4 rings (SSSR count). The highest BCUT2D eigenvalue weighted by atomic mass is 127. The summed E-state index contributed by atoms with van der Waals surface area (Å²) in [6.07, 6.45) is 6.15. The van der Waals surface area contributed by atoms with Gasteiger partial charge in [-0.2, -0.15) is 0 Å². The largest absolute Gasteiger partial charge is 0.357 e. The highest BCUT2D eigenvalue weighted by Crippen LogP contribution is 2.52. The number of halogens is 1. The number of hydrogen-bond donors (Lipinski definition) is 2. The summed E-state index contributed by atoms with van der Waals surface area (Å²) in [5.74, 6) is 0.994. The Labute approximate surface area is 214 Å². The lowest BCUT2D eigenvalue weighted by molar-refractivity contribution is -0.140. The van der Waals surface area contributed by atoms with Gasteiger partial charge in [-0.3, -0.25) is 19.5 Å². The maximum absolute atomic E-state index is 12.8. The van der Waals surface area contributed by atoms with Crippen molar-refractivity contribution in [3.63, 3.8) is 0 Å². The quantitative estimate of drug-likeness (QED) is 0.158. The van der Waals surface area contributed by atoms with Gasteiger partial charge in [-0.05, 0) is 51.3 Å². The molecule has 1 saturated heterocycles. The van der Waals surface area contributed by atoms with Gasteiger partial charge in [-0.1, -0.05) is 42.5 Å². The average molecular weight is 566 g/mol. The molecule has 0 spiro atoms. The van der Waals surface area contributed by atoms with Gasteiger partial charge in [-0.25, -0.2) is 0 Å². The van der Waals surface area contributed by atoms with Crippen LogP contribution in [0.25, 0.3) is 0 Å². The normalized spacial score (nSPS) is 26.5. The molecule has 1 aromatic carbocycles. The minimum absolute atomic E-state index is 0. The first-order valence-corrected chi connectivity index (χ1v) is 11.8. The molecule has 3 aliphatic rings. The van der Waals surface area contributed by atoms with Gasteiger partial charge in [0, 0.05) is 25.7 Å². The molecule has 180 valence electrons. The van der Waals surface area contributed by atoms with Gasteiger partial charge in [0.1, 0.15) is 0 Å². The van der Waals surface area contributed by atoms with Crippen molar-refractivity contribution in [3.05, 3.63) is 48.0 Å². The first kappa shape index (κ1) is 25.7. The molecule has 2 bridgehead atoms. The number of aliphatic imine (C=N–C) groups is 1. The summed E-state index contributed by atoms with van der Waals surface area (Å²) in [5.41, 5.74) is 1.29. The van der Waals surface area contributed by atoms with Crippen molar-refractivity contribution in [2.45, 2.75) is 25.8 Å². The van der Waals surface area contributed by atoms with E-state index in [2.05, 4.69) is 66.0 Å². The highest BCUT2D eigenvalue weighted by Gasteiger charge is 2.58. The lowest BCUT2D eigenvalue weighted by Gasteiger charge is -2.23. The number of hydrogen-bond acceptors (Lipinski definition) is 4. The maximum Gasteiger partial charge on any atom is 0.233 e. The second-order valence-electron chi connectivity index (χ2n) is 9.28. The summed E-state index contributed by atoms with van der Waals surface area (Å²) in [7, 11) is 4.15. The van der Waals surface area contributed by atoms with Gasteiger partial charge in [-0.15, -0.1) is 24.0 Å². The molecule has 0 radical (unpaired) electrons. The van der Waals surface area contributed by atoms with Gasteiger partial charge < -0.3 is 15.5 Å². The number of likely N-dealkylation sites (tertiary alicyclic amines) is 1. The standard InChI is InChI=1S/C25H35N5O2.HI/c1-4-26-25(28-16-20(29(2)3)14-17-8-6-5-7-9-17)27-12-13-30-23(31)21-18-10-11-19(15-18)22(21)24(30)32;/h5-11,18-22H,4,12-16H2,1-3H3,(H2,26,27,28);1H. The predicted molar refractivity (Wildman–Crippen MR) is 141 cm³/mol. The van der Waals surface area contributed by atoms with Gasteiger partial charge in [0.2, 0.25) is 11.8 Å². The number of likely N-dealkylation sites (N-methyl/N-ethyl adjacent to an activating group) is 1. The Balaban J connectivity index is 0.00000306. The van der Waals surface area contributed by atoms with Crippen LogP contribution in [0.5, 0.6) is 0 Å². The van der Waals surface area contributed by atoms with E-state index in [1.807, 2.05) is 13.0 Å². The van der Waals surface area contributed by atoms with Crippen LogP contribution in [0, 0.1) is 23.7 Å². The summed E-state index contributed by atoms with van der Waals surface area (Å²) in [4.78, 5) is 34.1. The van der Waals surface area contributed by atoms with Crippen LogP contribution in [-0.2, 0) is 16.0 Å². The zero-order valence-electron chi connectivity index (χ0n) is 19.7. The Morgan fingerprint density at radius 2 is 1.73 bits per heavy atom. The van der Waals surface area contributed by atoms with Gasteiger partial charge in [0.15, 0.2) is 5.96 Å². The van der Waals surface area contributed by atoms with Gasteiger partial charge >= 0.3 is 0 Å². The number of allylic oxidation sites excluding steroid dienone is 2. The van der Waals surface area contributed by atoms with Gasteiger partial charge in [0.05, 0.1) is 18.4 Å². The first-order valence-electron chi connectivity index (χ1n) is 11.8. The Morgan fingerprint density at radius 3 is 2.30 bits per heavy atom. The van der Waals surface area contributed by atoms with Crippen molar-refractivity contribution < 1.29 is 9.59 Å². The van der Waals surface area contributed by atoms with Gasteiger partial charge in [0.25, 0.3) is 0 Å². The van der Waals surface area contributed by atoms with E-state index in [-0.39, 0.29) is 65.5 Å². The van der Waals surface area contributed by atoms with Crippen molar-refractivity contribution in [1.82, 2.24) is 20.4 Å². The fourth-order valence-electron chi connectivity index (χ4n) is 5.31. The molecule has 2 amide bonds. The monoisotopic (exact) mass is 565 g/mol. The van der Waals surface area contributed by atoms with E-state index in [0.29, 0.717) is 25.6 Å². The summed E-state index contributed by atoms with van der Waals surface area (Å²) in [6.45, 7) is 4.31. The molecule has 1 heterocycles. The number of carbonyl (C=O) groups is 2. The molecule has 5 unspecified atom stereocenters. The number of benzene rings is 1. The van der Waals surface area contributed by atoms with Crippen molar-refractivity contribution in [3.8, 4) is 0 Å². The molecule has 5 atom stereocenters. The Hall–Kier alpha value is -1.94. The number of guanidine groups is 1. The highest BCUT2D eigenvalue weighted by molar-refractivity contribution is 14.0. The molecule has 33 heavy (non-hydrogen) atoms. The van der Waals surface area contributed by atoms with Crippen LogP contribution in [0.3, 0.4) is 0 Å². The molecule has 2 N–H and O–H groups in total. The Kier molecular flexibility index (Phi) is 8.92. The first-order chi connectivity index (χ1) is 15.5. The van der Waals surface area contributed by atoms with Crippen LogP contribution >= 0.6 is 24.0 Å². The minimum atomic E-state index is -0.127. The van der Waals surface area contributed by atoms with E-state index < -0.39 is 0 Å². The van der Waals surface area contributed by atoms with Crippen molar-refractivity contribution >= 4 is 41.8 Å². The van der Waals surface area contributed by atoms with Crippen LogP contribution < -0.4 is 10.6 Å². The van der Waals surface area contributed by atoms with Crippen LogP contribution in [0.1, 0.15) is 18.9 Å². The maximum atomic E-state index is 12.8. The number of imide groups is 1. The van der Waals surface area contributed by atoms with Crippen LogP contribution in [0.2, 0.25) is 0 Å². The van der Waals surface area contributed by atoms with E-state index in [1.165, 1.54) is 10.5 Å². The minimum Gasteiger partial charge on any atom is -0.357 e. The third-order valence-electron chi connectivity index (χ3n) is 7.04. The molecule has 1 saturated carbocycles. The van der Waals surface area contributed by atoms with E-state index in [4.69, 9.17) is 4.99 Å². The van der Waals surface area contributed by atoms with Crippen molar-refractivity contribution in [2.24, 2.45) is 28.7 Å². The summed E-state index contributed by atoms with van der Waals surface area (Å²) < 4.78 is 0. The zero-order chi connectivity index (χ0) is 22.7. The fourth-order valence-corrected chi connectivity index (χ4v) is 5.31. The van der Waals surface area contributed by atoms with Crippen LogP contribution in [0.15, 0.2) is 47.5 Å². The predicted octanol–water partition coefficient (Wildman–Crippen LogP) is 2.14. The lowest BCUT2D eigenvalue weighted by Crippen LogP contribution is -2.44. The molecular weight excluding hydrogens is 529 g/mol. The van der Waals surface area contributed by atoms with Crippen molar-refractivity contribution in [1.29, 1.82) is 0 Å². The topological polar surface area (TPSA) is 77.0 Å². The SMILES string of the molecule is CCNC(=NCC(Cc1ccccc1)N(C)C)NCCN1C(=O)C2C3C=CC(C3)C2C1=O.I. The summed E-state index contributed by atoms with van der Waals surface area (Å²) in [5, 5.41) is 6.58. The number of nitrogens with one attached hydrogen (secondary N) is 2. The number of fused-ring (bicyclic) bond motifs is 5.